The van der Waals surface area contributed by atoms with Crippen molar-refractivity contribution in [3.63, 3.8) is 0 Å². The summed E-state index contributed by atoms with van der Waals surface area (Å²) in [6.07, 6.45) is 4.12. The van der Waals surface area contributed by atoms with E-state index in [-0.39, 0.29) is 5.02 Å². The normalized spacial score (nSPS) is 11.4. The van der Waals surface area contributed by atoms with Crippen molar-refractivity contribution in [2.45, 2.75) is 13.0 Å². The van der Waals surface area contributed by atoms with Crippen LogP contribution in [-0.2, 0) is 11.3 Å². The molecule has 8 nitrogen and oxygen atoms in total. The van der Waals surface area contributed by atoms with Gasteiger partial charge >= 0.3 is 0 Å². The van der Waals surface area contributed by atoms with E-state index in [0.29, 0.717) is 41.5 Å². The Bertz CT molecular complexity index is 1090. The molecule has 27 heavy (non-hydrogen) atoms. The number of aryl methyl sites for hydroxylation is 1. The second kappa shape index (κ2) is 7.37. The SMILES string of the molecule is COCCCn1c[c]c(-c2ncc3nnn(-c4ccc(Cl)c(F)c4)c3n2)n1. The summed E-state index contributed by atoms with van der Waals surface area (Å²) < 4.78 is 22.0. The van der Waals surface area contributed by atoms with E-state index < -0.39 is 5.82 Å². The second-order valence-electron chi connectivity index (χ2n) is 5.73. The van der Waals surface area contributed by atoms with Crippen LogP contribution in [0, 0.1) is 11.9 Å². The summed E-state index contributed by atoms with van der Waals surface area (Å²) >= 11 is 5.74. The van der Waals surface area contributed by atoms with Crippen LogP contribution < -0.4 is 0 Å². The number of methoxy groups -OCH3 is 1. The molecule has 0 amide bonds. The largest absolute Gasteiger partial charge is 0.385 e. The van der Waals surface area contributed by atoms with E-state index >= 15 is 0 Å². The minimum atomic E-state index is -0.546. The van der Waals surface area contributed by atoms with Gasteiger partial charge < -0.3 is 4.74 Å². The number of fused-ring (bicyclic) bond motifs is 1. The summed E-state index contributed by atoms with van der Waals surface area (Å²) in [7, 11) is 1.66. The van der Waals surface area contributed by atoms with Gasteiger partial charge in [-0.05, 0) is 18.6 Å². The Kier molecular flexibility index (Phi) is 4.78. The van der Waals surface area contributed by atoms with Gasteiger partial charge in [-0.2, -0.15) is 9.78 Å². The molecule has 0 spiro atoms. The number of hydrogen-bond donors (Lipinski definition) is 0. The minimum absolute atomic E-state index is 0.0344. The molecule has 137 valence electrons. The first-order valence-electron chi connectivity index (χ1n) is 8.14. The third-order valence-corrected chi connectivity index (χ3v) is 4.17. The average Bonchev–Trinajstić information content (AvgIpc) is 3.31. The molecular weight excluding hydrogens is 373 g/mol. The van der Waals surface area contributed by atoms with Crippen molar-refractivity contribution in [2.24, 2.45) is 0 Å². The summed E-state index contributed by atoms with van der Waals surface area (Å²) in [5, 5.41) is 12.5. The molecule has 0 aliphatic rings. The van der Waals surface area contributed by atoms with E-state index in [4.69, 9.17) is 16.3 Å². The van der Waals surface area contributed by atoms with Gasteiger partial charge in [-0.3, -0.25) is 4.68 Å². The molecule has 4 rings (SSSR count). The Morgan fingerprint density at radius 2 is 2.22 bits per heavy atom. The van der Waals surface area contributed by atoms with Crippen molar-refractivity contribution in [1.29, 1.82) is 0 Å². The maximum absolute atomic E-state index is 13.8. The van der Waals surface area contributed by atoms with Gasteiger partial charge in [0.25, 0.3) is 0 Å². The molecule has 0 unspecified atom stereocenters. The summed E-state index contributed by atoms with van der Waals surface area (Å²) in [4.78, 5) is 8.76. The van der Waals surface area contributed by atoms with Crippen LogP contribution >= 0.6 is 11.6 Å². The number of aromatic nitrogens is 7. The van der Waals surface area contributed by atoms with Crippen LogP contribution in [0.5, 0.6) is 0 Å². The van der Waals surface area contributed by atoms with Gasteiger partial charge in [0.1, 0.15) is 11.5 Å². The van der Waals surface area contributed by atoms with Crippen molar-refractivity contribution in [1.82, 2.24) is 34.7 Å². The van der Waals surface area contributed by atoms with Gasteiger partial charge in [0.15, 0.2) is 17.0 Å². The lowest BCUT2D eigenvalue weighted by Gasteiger charge is -2.03. The van der Waals surface area contributed by atoms with Gasteiger partial charge in [-0.25, -0.2) is 14.4 Å². The summed E-state index contributed by atoms with van der Waals surface area (Å²) in [5.41, 5.74) is 1.88. The average molecular weight is 387 g/mol. The number of benzene rings is 1. The first kappa shape index (κ1) is 17.5. The lowest BCUT2D eigenvalue weighted by Crippen LogP contribution is -2.03. The zero-order valence-corrected chi connectivity index (χ0v) is 15.1. The highest BCUT2D eigenvalue weighted by molar-refractivity contribution is 6.30. The van der Waals surface area contributed by atoms with Crippen LogP contribution in [0.15, 0.2) is 30.6 Å². The fourth-order valence-corrected chi connectivity index (χ4v) is 2.67. The second-order valence-corrected chi connectivity index (χ2v) is 6.14. The van der Waals surface area contributed by atoms with Crippen molar-refractivity contribution >= 4 is 22.8 Å². The van der Waals surface area contributed by atoms with Gasteiger partial charge in [0.2, 0.25) is 0 Å². The predicted octanol–water partition coefficient (Wildman–Crippen LogP) is 2.70. The lowest BCUT2D eigenvalue weighted by molar-refractivity contribution is 0.189. The third kappa shape index (κ3) is 3.51. The fraction of sp³-hybridized carbons (Fsp3) is 0.235. The van der Waals surface area contributed by atoms with E-state index in [1.165, 1.54) is 16.8 Å². The molecule has 1 aromatic carbocycles. The number of rotatable bonds is 6. The number of ether oxygens (including phenoxy) is 1. The van der Waals surface area contributed by atoms with E-state index in [9.17, 15) is 4.39 Å². The van der Waals surface area contributed by atoms with Gasteiger partial charge in [-0.1, -0.05) is 16.8 Å². The Labute approximate surface area is 158 Å². The smallest absolute Gasteiger partial charge is 0.187 e. The first-order valence-corrected chi connectivity index (χ1v) is 8.52. The Hall–Kier alpha value is -2.91. The summed E-state index contributed by atoms with van der Waals surface area (Å²) in [5.74, 6) is -0.166. The zero-order chi connectivity index (χ0) is 18.8. The van der Waals surface area contributed by atoms with Crippen molar-refractivity contribution in [3.05, 3.63) is 47.5 Å². The molecule has 3 heterocycles. The molecule has 10 heteroatoms. The predicted molar refractivity (Wildman–Crippen MR) is 96.0 cm³/mol. The standard InChI is InChI=1S/C17H14ClFN7O/c1-27-8-2-6-25-7-5-14(23-25)16-20-10-15-17(21-16)26(24-22-15)11-3-4-12(18)13(19)9-11/h3-4,7,9-10H,2,6,8H2,1H3. The van der Waals surface area contributed by atoms with E-state index in [1.807, 2.05) is 0 Å². The van der Waals surface area contributed by atoms with Crippen molar-refractivity contribution in [2.75, 3.05) is 13.7 Å². The molecule has 0 N–H and O–H groups in total. The highest BCUT2D eigenvalue weighted by Gasteiger charge is 2.14. The summed E-state index contributed by atoms with van der Waals surface area (Å²) in [6, 6.07) is 7.41. The van der Waals surface area contributed by atoms with E-state index in [2.05, 4.69) is 31.4 Å². The quantitative estimate of drug-likeness (QED) is 0.474. The molecule has 0 aliphatic heterocycles. The summed E-state index contributed by atoms with van der Waals surface area (Å²) in [6.45, 7) is 1.36. The lowest BCUT2D eigenvalue weighted by atomic mass is 10.3. The Morgan fingerprint density at radius 1 is 1.33 bits per heavy atom. The topological polar surface area (TPSA) is 83.5 Å². The number of hydrogen-bond acceptors (Lipinski definition) is 6. The molecule has 0 fully saturated rings. The minimum Gasteiger partial charge on any atom is -0.385 e. The molecule has 1 radical (unpaired) electrons. The van der Waals surface area contributed by atoms with Crippen molar-refractivity contribution < 1.29 is 9.13 Å². The van der Waals surface area contributed by atoms with Crippen molar-refractivity contribution in [3.8, 4) is 17.2 Å². The van der Waals surface area contributed by atoms with Crippen LogP contribution in [0.4, 0.5) is 4.39 Å². The fourth-order valence-electron chi connectivity index (χ4n) is 2.55. The molecule has 0 saturated carbocycles. The van der Waals surface area contributed by atoms with E-state index in [0.717, 1.165) is 6.42 Å². The molecule has 0 aliphatic carbocycles. The maximum Gasteiger partial charge on any atom is 0.187 e. The van der Waals surface area contributed by atoms with Crippen LogP contribution in [0.2, 0.25) is 5.02 Å². The Morgan fingerprint density at radius 3 is 3.04 bits per heavy atom. The van der Waals surface area contributed by atoms with Gasteiger partial charge in [-0.15, -0.1) is 5.10 Å². The third-order valence-electron chi connectivity index (χ3n) is 3.87. The molecule has 0 bridgehead atoms. The number of halogens is 2. The molecular formula is C17H14ClFN7O. The maximum atomic E-state index is 13.8. The Balaban J connectivity index is 1.69. The number of nitrogens with zero attached hydrogens (tertiary/aromatic N) is 7. The van der Waals surface area contributed by atoms with E-state index in [1.54, 1.807) is 30.3 Å². The monoisotopic (exact) mass is 386 g/mol. The molecule has 4 aromatic rings. The first-order chi connectivity index (χ1) is 13.2. The van der Waals surface area contributed by atoms with Crippen LogP contribution in [0.25, 0.3) is 28.4 Å². The van der Waals surface area contributed by atoms with Crippen LogP contribution in [-0.4, -0.2) is 48.5 Å². The molecule has 0 atom stereocenters. The highest BCUT2D eigenvalue weighted by Crippen LogP contribution is 2.21. The highest BCUT2D eigenvalue weighted by atomic mass is 35.5. The molecule has 0 saturated heterocycles. The zero-order valence-electron chi connectivity index (χ0n) is 14.3. The van der Waals surface area contributed by atoms with Crippen LogP contribution in [0.3, 0.4) is 0 Å². The van der Waals surface area contributed by atoms with Gasteiger partial charge in [0.05, 0.1) is 16.9 Å². The molecule has 3 aromatic heterocycles. The van der Waals surface area contributed by atoms with Crippen LogP contribution in [0.1, 0.15) is 6.42 Å². The van der Waals surface area contributed by atoms with Gasteiger partial charge in [0, 0.05) is 38.6 Å².